The average Bonchev–Trinajstić information content (AvgIpc) is 2.08. The molecule has 0 aromatic heterocycles. The summed E-state index contributed by atoms with van der Waals surface area (Å²) < 4.78 is 9.97. The van der Waals surface area contributed by atoms with Crippen molar-refractivity contribution in [3.63, 3.8) is 0 Å². The van der Waals surface area contributed by atoms with Crippen LogP contribution in [0.25, 0.3) is 0 Å². The van der Waals surface area contributed by atoms with Crippen molar-refractivity contribution in [2.75, 3.05) is 13.3 Å². The normalized spacial score (nSPS) is 13.4. The maximum atomic E-state index is 11.2. The molecular weight excluding hydrogens is 198 g/mol. The molecule has 0 saturated heterocycles. The van der Waals surface area contributed by atoms with Gasteiger partial charge in [0.25, 0.3) is 0 Å². The van der Waals surface area contributed by atoms with Crippen LogP contribution in [0.5, 0.6) is 0 Å². The van der Waals surface area contributed by atoms with Gasteiger partial charge in [-0.1, -0.05) is 0 Å². The minimum absolute atomic E-state index is 0.0268. The second-order valence-electron chi connectivity index (χ2n) is 4.21. The minimum Gasteiger partial charge on any atom is -0.443 e. The first-order chi connectivity index (χ1) is 6.85. The Bertz CT molecular complexity index is 192. The van der Waals surface area contributed by atoms with Crippen LogP contribution in [0.3, 0.4) is 0 Å². The van der Waals surface area contributed by atoms with E-state index in [0.717, 1.165) is 0 Å². The van der Waals surface area contributed by atoms with Crippen molar-refractivity contribution in [3.05, 3.63) is 0 Å². The summed E-state index contributed by atoms with van der Waals surface area (Å²) in [6.45, 7) is 7.84. The maximum absolute atomic E-state index is 11.2. The van der Waals surface area contributed by atoms with E-state index in [0.29, 0.717) is 6.61 Å². The summed E-state index contributed by atoms with van der Waals surface area (Å²) in [6.07, 6.45) is -0.512. The Morgan fingerprint density at radius 2 is 2.07 bits per heavy atom. The third kappa shape index (κ3) is 9.45. The molecule has 0 heterocycles. The lowest BCUT2D eigenvalue weighted by Gasteiger charge is -2.21. The van der Waals surface area contributed by atoms with E-state index in [1.807, 2.05) is 6.92 Å². The second-order valence-corrected chi connectivity index (χ2v) is 4.21. The molecule has 0 aliphatic heterocycles. The van der Waals surface area contributed by atoms with E-state index in [2.05, 4.69) is 10.9 Å². The van der Waals surface area contributed by atoms with Crippen LogP contribution in [-0.2, 0) is 9.47 Å². The summed E-state index contributed by atoms with van der Waals surface area (Å²) in [7, 11) is 0. The summed E-state index contributed by atoms with van der Waals surface area (Å²) >= 11 is 0. The van der Waals surface area contributed by atoms with Crippen LogP contribution in [0, 0.1) is 0 Å². The smallest absolute Gasteiger partial charge is 0.422 e. The molecule has 0 spiro atoms. The number of carbonyl (C=O) groups excluding carboxylic acids is 1. The Labute approximate surface area is 90.5 Å². The molecular formula is C9H21N3O3. The van der Waals surface area contributed by atoms with Crippen molar-refractivity contribution in [1.82, 2.24) is 10.9 Å². The van der Waals surface area contributed by atoms with Crippen molar-refractivity contribution in [2.45, 2.75) is 39.3 Å². The zero-order valence-electron chi connectivity index (χ0n) is 9.79. The van der Waals surface area contributed by atoms with Gasteiger partial charge in [0.1, 0.15) is 5.60 Å². The Kier molecular flexibility index (Phi) is 6.23. The number of hydrogen-bond donors (Lipinski definition) is 3. The number of ether oxygens (including phenoxy) is 2. The molecule has 4 N–H and O–H groups in total. The van der Waals surface area contributed by atoms with Gasteiger partial charge in [0.05, 0.1) is 13.3 Å². The SMILES string of the molecule is CC(COCN)NNC(=O)OC(C)(C)C. The fraction of sp³-hybridized carbons (Fsp3) is 0.889. The average molecular weight is 219 g/mol. The number of amides is 1. The Morgan fingerprint density at radius 1 is 1.47 bits per heavy atom. The molecule has 0 radical (unpaired) electrons. The van der Waals surface area contributed by atoms with Crippen LogP contribution >= 0.6 is 0 Å². The summed E-state index contributed by atoms with van der Waals surface area (Å²) in [5, 5.41) is 0. The monoisotopic (exact) mass is 219 g/mol. The highest BCUT2D eigenvalue weighted by Gasteiger charge is 2.16. The zero-order valence-corrected chi connectivity index (χ0v) is 9.79. The van der Waals surface area contributed by atoms with Crippen LogP contribution in [0.2, 0.25) is 0 Å². The van der Waals surface area contributed by atoms with Gasteiger partial charge < -0.3 is 15.2 Å². The number of hydrogen-bond acceptors (Lipinski definition) is 5. The predicted molar refractivity (Wildman–Crippen MR) is 57.0 cm³/mol. The topological polar surface area (TPSA) is 85.6 Å². The molecule has 0 fully saturated rings. The van der Waals surface area contributed by atoms with E-state index in [-0.39, 0.29) is 12.8 Å². The van der Waals surface area contributed by atoms with Crippen LogP contribution in [-0.4, -0.2) is 31.1 Å². The first kappa shape index (κ1) is 14.2. The molecule has 90 valence electrons. The molecule has 1 atom stereocenters. The van der Waals surface area contributed by atoms with E-state index < -0.39 is 11.7 Å². The van der Waals surface area contributed by atoms with Crippen LogP contribution < -0.4 is 16.6 Å². The number of nitrogens with one attached hydrogen (secondary N) is 2. The quantitative estimate of drug-likeness (QED) is 0.458. The standard InChI is InChI=1S/C9H21N3O3/c1-7(5-14-6-10)11-12-8(13)15-9(2,3)4/h7,11H,5-6,10H2,1-4H3,(H,12,13). The Balaban J connectivity index is 3.62. The van der Waals surface area contributed by atoms with Gasteiger partial charge in [-0.3, -0.25) is 5.43 Å². The minimum atomic E-state index is -0.512. The Hall–Kier alpha value is -0.850. The second kappa shape index (κ2) is 6.60. The van der Waals surface area contributed by atoms with Crippen molar-refractivity contribution < 1.29 is 14.3 Å². The molecule has 0 bridgehead atoms. The predicted octanol–water partition coefficient (Wildman–Crippen LogP) is 0.337. The highest BCUT2D eigenvalue weighted by molar-refractivity contribution is 5.66. The zero-order chi connectivity index (χ0) is 11.9. The maximum Gasteiger partial charge on any atom is 0.422 e. The lowest BCUT2D eigenvalue weighted by molar-refractivity contribution is 0.0466. The molecule has 6 nitrogen and oxygen atoms in total. The third-order valence-electron chi connectivity index (χ3n) is 1.31. The highest BCUT2D eigenvalue weighted by atomic mass is 16.6. The molecule has 0 aromatic rings. The molecule has 0 aliphatic rings. The highest BCUT2D eigenvalue weighted by Crippen LogP contribution is 2.05. The molecule has 15 heavy (non-hydrogen) atoms. The van der Waals surface area contributed by atoms with Crippen LogP contribution in [0.4, 0.5) is 4.79 Å². The number of rotatable bonds is 5. The van der Waals surface area contributed by atoms with E-state index in [1.54, 1.807) is 20.8 Å². The fourth-order valence-corrected chi connectivity index (χ4v) is 0.772. The van der Waals surface area contributed by atoms with Crippen molar-refractivity contribution in [2.24, 2.45) is 5.73 Å². The van der Waals surface area contributed by atoms with Gasteiger partial charge in [-0.2, -0.15) is 0 Å². The van der Waals surface area contributed by atoms with E-state index in [1.165, 1.54) is 0 Å². The Morgan fingerprint density at radius 3 is 2.53 bits per heavy atom. The summed E-state index contributed by atoms with van der Waals surface area (Å²) in [6, 6.07) is -0.0268. The van der Waals surface area contributed by atoms with Gasteiger partial charge in [-0.15, -0.1) is 0 Å². The van der Waals surface area contributed by atoms with Crippen LogP contribution in [0.15, 0.2) is 0 Å². The molecule has 1 amide bonds. The molecule has 0 aliphatic carbocycles. The molecule has 0 saturated carbocycles. The summed E-state index contributed by atoms with van der Waals surface area (Å²) in [5.41, 5.74) is 9.81. The summed E-state index contributed by atoms with van der Waals surface area (Å²) in [5.74, 6) is 0. The van der Waals surface area contributed by atoms with Gasteiger partial charge >= 0.3 is 6.09 Å². The van der Waals surface area contributed by atoms with Crippen molar-refractivity contribution in [3.8, 4) is 0 Å². The summed E-state index contributed by atoms with van der Waals surface area (Å²) in [4.78, 5) is 11.2. The van der Waals surface area contributed by atoms with E-state index in [9.17, 15) is 4.79 Å². The fourth-order valence-electron chi connectivity index (χ4n) is 0.772. The molecule has 1 unspecified atom stereocenters. The van der Waals surface area contributed by atoms with Crippen molar-refractivity contribution in [1.29, 1.82) is 0 Å². The van der Waals surface area contributed by atoms with Gasteiger partial charge in [-0.05, 0) is 27.7 Å². The molecule has 0 aromatic carbocycles. The lowest BCUT2D eigenvalue weighted by Crippen LogP contribution is -2.47. The van der Waals surface area contributed by atoms with Gasteiger partial charge in [0.15, 0.2) is 0 Å². The molecule has 6 heteroatoms. The van der Waals surface area contributed by atoms with Gasteiger partial charge in [0.2, 0.25) is 0 Å². The third-order valence-corrected chi connectivity index (χ3v) is 1.31. The van der Waals surface area contributed by atoms with E-state index >= 15 is 0 Å². The first-order valence-electron chi connectivity index (χ1n) is 4.87. The number of nitrogens with two attached hydrogens (primary N) is 1. The first-order valence-corrected chi connectivity index (χ1v) is 4.87. The molecule has 0 rings (SSSR count). The van der Waals surface area contributed by atoms with E-state index in [4.69, 9.17) is 15.2 Å². The van der Waals surface area contributed by atoms with Gasteiger partial charge in [0, 0.05) is 6.04 Å². The number of carbonyl (C=O) groups is 1. The van der Waals surface area contributed by atoms with Crippen LogP contribution in [0.1, 0.15) is 27.7 Å². The lowest BCUT2D eigenvalue weighted by atomic mass is 10.2. The van der Waals surface area contributed by atoms with Gasteiger partial charge in [-0.25, -0.2) is 10.2 Å². The number of hydrazine groups is 1. The van der Waals surface area contributed by atoms with Crippen molar-refractivity contribution >= 4 is 6.09 Å². The largest absolute Gasteiger partial charge is 0.443 e.